The normalized spacial score (nSPS) is 15.1. The van der Waals surface area contributed by atoms with Gasteiger partial charge in [-0.2, -0.15) is 0 Å². The molecule has 0 fully saturated rings. The molecule has 0 rings (SSSR count). The zero-order chi connectivity index (χ0) is 67.2. The highest BCUT2D eigenvalue weighted by Gasteiger charge is 2.38. The molecule has 0 heterocycles. The molecule has 0 unspecified atom stereocenters. The smallest absolute Gasteiger partial charge is 0.245 e. The van der Waals surface area contributed by atoms with Crippen LogP contribution in [0.1, 0.15) is 192 Å². The molecular formula is C60H114N16O12. The molecule has 0 saturated heterocycles. The van der Waals surface area contributed by atoms with Crippen molar-refractivity contribution in [1.82, 2.24) is 53.2 Å². The van der Waals surface area contributed by atoms with Gasteiger partial charge in [-0.3, -0.25) is 57.7 Å². The molecule has 28 nitrogen and oxygen atoms in total. The van der Waals surface area contributed by atoms with E-state index in [2.05, 4.69) is 58.2 Å². The Labute approximate surface area is 522 Å². The van der Waals surface area contributed by atoms with Crippen LogP contribution in [0.5, 0.6) is 0 Å². The number of nitrogens with two attached hydrogens (primary N) is 5. The number of carbonyl (C=O) groups is 11. The predicted molar refractivity (Wildman–Crippen MR) is 338 cm³/mol. The summed E-state index contributed by atoms with van der Waals surface area (Å²) in [6, 6.07) is -11.5. The average Bonchev–Trinajstić information content (AvgIpc) is 3.22. The minimum absolute atomic E-state index is 0.00453. The van der Waals surface area contributed by atoms with E-state index in [-0.39, 0.29) is 120 Å². The van der Waals surface area contributed by atoms with Crippen molar-refractivity contribution >= 4 is 70.9 Å². The van der Waals surface area contributed by atoms with Crippen LogP contribution in [0.4, 0.5) is 0 Å². The van der Waals surface area contributed by atoms with Crippen LogP contribution in [0.2, 0.25) is 0 Å². The van der Waals surface area contributed by atoms with Crippen molar-refractivity contribution in [3.05, 3.63) is 0 Å². The van der Waals surface area contributed by atoms with Crippen LogP contribution >= 0.6 is 0 Å². The number of hydrogen-bond acceptors (Lipinski definition) is 15. The van der Waals surface area contributed by atoms with Gasteiger partial charge in [0.25, 0.3) is 0 Å². The zero-order valence-electron chi connectivity index (χ0n) is 54.8. The van der Waals surface area contributed by atoms with Crippen LogP contribution in [0.3, 0.4) is 0 Å². The number of unbranched alkanes of at least 4 members (excludes halogenated alkanes) is 4. The second kappa shape index (κ2) is 44.7. The maximum atomic E-state index is 14.6. The summed E-state index contributed by atoms with van der Waals surface area (Å²) in [5.74, 6) is -9.08. The first kappa shape index (κ1) is 81.3. The lowest BCUT2D eigenvalue weighted by molar-refractivity contribution is -0.137. The molecule has 0 radical (unpaired) electrons. The number of aliphatic hydroxyl groups excluding tert-OH is 1. The van der Waals surface area contributed by atoms with Crippen molar-refractivity contribution in [1.29, 1.82) is 0 Å². The molecule has 0 aliphatic carbocycles. The molecule has 0 saturated carbocycles. The average molecular weight is 1250 g/mol. The first-order valence-corrected chi connectivity index (χ1v) is 31.7. The predicted octanol–water partition coefficient (Wildman–Crippen LogP) is -0.546. The number of nitrogens with zero attached hydrogens (tertiary/aromatic N) is 1. The number of nitrogens with one attached hydrogen (secondary N) is 10. The molecule has 11 amide bonds. The molecule has 0 spiro atoms. The lowest BCUT2D eigenvalue weighted by atomic mass is 9.96. The van der Waals surface area contributed by atoms with Gasteiger partial charge >= 0.3 is 0 Å². The van der Waals surface area contributed by atoms with Gasteiger partial charge in [-0.1, -0.05) is 95.4 Å². The van der Waals surface area contributed by atoms with E-state index in [0.29, 0.717) is 38.5 Å². The lowest BCUT2D eigenvalue weighted by Gasteiger charge is -2.30. The van der Waals surface area contributed by atoms with Crippen LogP contribution in [0.15, 0.2) is 4.99 Å². The summed E-state index contributed by atoms with van der Waals surface area (Å²) in [7, 11) is 0. The van der Waals surface area contributed by atoms with Gasteiger partial charge in [0.1, 0.15) is 54.4 Å². The number of amides is 11. The summed E-state index contributed by atoms with van der Waals surface area (Å²) >= 11 is 0. The molecular weight excluding hydrogens is 1140 g/mol. The maximum absolute atomic E-state index is 14.6. The second-order valence-corrected chi connectivity index (χ2v) is 24.8. The largest absolute Gasteiger partial charge is 0.391 e. The van der Waals surface area contributed by atoms with E-state index in [1.165, 1.54) is 6.92 Å². The molecule has 0 bridgehead atoms. The van der Waals surface area contributed by atoms with Crippen molar-refractivity contribution in [2.24, 2.45) is 63.3 Å². The Morgan fingerprint density at radius 3 is 1.18 bits per heavy atom. The summed E-state index contributed by atoms with van der Waals surface area (Å²) < 4.78 is 0. The van der Waals surface area contributed by atoms with E-state index in [1.54, 1.807) is 13.8 Å². The number of carbonyl (C=O) groups excluding carboxylic acids is 11. The van der Waals surface area contributed by atoms with Gasteiger partial charge < -0.3 is 86.9 Å². The van der Waals surface area contributed by atoms with Crippen molar-refractivity contribution in [2.75, 3.05) is 26.2 Å². The van der Waals surface area contributed by atoms with Crippen LogP contribution < -0.4 is 81.8 Å². The van der Waals surface area contributed by atoms with Gasteiger partial charge in [-0.15, -0.1) is 0 Å². The van der Waals surface area contributed by atoms with Crippen LogP contribution in [-0.2, 0) is 52.7 Å². The standard InChI is InChI=1S/C60H114N16O12/c1-13-15-16-25-47(78)67-33-48(79)68-44(30-35(5)6)55(84)73-45(31-36(7)8)56(85)70-40(22-17-19-26-61)52(81)69-42(24-21-28-66-60(64)65)53(82)75-49(38(11)14-2)58(87)71-41(23-18-20-27-62)54(83)76-50(39(12)77)59(88)74-46(32-37(9)10)57(86)72-43(51(63)80)29-34(3)4/h34-46,49-50,77H,13-33,61-62H2,1-12H3,(H2,63,80)(H,67,78)(H,68,79)(H,69,81)(H,70,85)(H,71,87)(H,72,86)(H,73,84)(H,74,88)(H,75,82)(H,76,83)(H4,64,65,66)/t38-,39+,40-,41-,42-,43-,44-,45-,46-,49-,50-/m0/s1. The van der Waals surface area contributed by atoms with Gasteiger partial charge in [-0.05, 0) is 133 Å². The number of aliphatic imine (C=N–C) groups is 1. The van der Waals surface area contributed by atoms with Crippen LogP contribution in [0, 0.1) is 29.6 Å². The highest BCUT2D eigenvalue weighted by Crippen LogP contribution is 2.16. The van der Waals surface area contributed by atoms with Crippen LogP contribution in [0.25, 0.3) is 0 Å². The Kier molecular flexibility index (Phi) is 41.3. The fourth-order valence-electron chi connectivity index (χ4n) is 9.40. The molecule has 0 aliphatic rings. The molecule has 28 heteroatoms. The number of aliphatic hydroxyl groups is 1. The number of primary amides is 1. The third kappa shape index (κ3) is 34.8. The highest BCUT2D eigenvalue weighted by atomic mass is 16.3. The van der Waals surface area contributed by atoms with E-state index in [1.807, 2.05) is 62.3 Å². The number of hydrogen-bond donors (Lipinski definition) is 16. The number of guanidine groups is 1. The molecule has 11 atom stereocenters. The van der Waals surface area contributed by atoms with Gasteiger partial charge in [0.15, 0.2) is 5.96 Å². The Hall–Kier alpha value is -6.68. The monoisotopic (exact) mass is 1250 g/mol. The molecule has 0 aliphatic heterocycles. The summed E-state index contributed by atoms with van der Waals surface area (Å²) in [6.45, 7) is 21.6. The van der Waals surface area contributed by atoms with Gasteiger partial charge in [0.05, 0.1) is 12.6 Å². The van der Waals surface area contributed by atoms with E-state index in [4.69, 9.17) is 28.7 Å². The van der Waals surface area contributed by atoms with E-state index >= 15 is 0 Å². The first-order valence-electron chi connectivity index (χ1n) is 31.7. The third-order valence-electron chi connectivity index (χ3n) is 14.5. The van der Waals surface area contributed by atoms with Crippen molar-refractivity contribution < 1.29 is 57.8 Å². The summed E-state index contributed by atoms with van der Waals surface area (Å²) in [5, 5.41) is 37.7. The Morgan fingerprint density at radius 2 is 0.773 bits per heavy atom. The molecule has 0 aromatic rings. The zero-order valence-corrected chi connectivity index (χ0v) is 54.8. The Morgan fingerprint density at radius 1 is 0.409 bits per heavy atom. The fraction of sp³-hybridized carbons (Fsp3) is 0.800. The van der Waals surface area contributed by atoms with Crippen molar-refractivity contribution in [3.63, 3.8) is 0 Å². The van der Waals surface area contributed by atoms with Gasteiger partial charge in [0.2, 0.25) is 65.0 Å². The van der Waals surface area contributed by atoms with Crippen molar-refractivity contribution in [2.45, 2.75) is 253 Å². The van der Waals surface area contributed by atoms with Gasteiger partial charge in [0, 0.05) is 13.0 Å². The highest BCUT2D eigenvalue weighted by molar-refractivity contribution is 5.99. The summed E-state index contributed by atoms with van der Waals surface area (Å²) in [4.78, 5) is 155. The lowest BCUT2D eigenvalue weighted by Crippen LogP contribution is -2.62. The fourth-order valence-corrected chi connectivity index (χ4v) is 9.40. The minimum Gasteiger partial charge on any atom is -0.391 e. The van der Waals surface area contributed by atoms with E-state index in [9.17, 15) is 57.8 Å². The van der Waals surface area contributed by atoms with Gasteiger partial charge in [-0.25, -0.2) is 0 Å². The molecule has 506 valence electrons. The SMILES string of the molecule is CCCCCC(=O)NCC(=O)N[C@@H](CC(C)C)C(=O)N[C@@H](CC(C)C)C(=O)N[C@@H](CCCCN)C(=O)N[C@@H](CCCN=C(N)N)C(=O)N[C@H](C(=O)N[C@@H](CCCCN)C(=O)N[C@H](C(=O)N[C@@H](CC(C)C)C(=O)N[C@@H](CC(C)C)C(N)=O)[C@@H](C)O)[C@@H](C)CC. The summed E-state index contributed by atoms with van der Waals surface area (Å²) in [6.07, 6.45) is 3.95. The first-order chi connectivity index (χ1) is 41.3. The second-order valence-electron chi connectivity index (χ2n) is 24.8. The van der Waals surface area contributed by atoms with Crippen molar-refractivity contribution in [3.8, 4) is 0 Å². The maximum Gasteiger partial charge on any atom is 0.245 e. The number of rotatable bonds is 47. The van der Waals surface area contributed by atoms with E-state index in [0.717, 1.165) is 12.8 Å². The molecule has 0 aromatic heterocycles. The Bertz CT molecular complexity index is 2210. The third-order valence-corrected chi connectivity index (χ3v) is 14.5. The van der Waals surface area contributed by atoms with Crippen LogP contribution in [-0.4, -0.2) is 163 Å². The Balaban J connectivity index is 7.02. The summed E-state index contributed by atoms with van der Waals surface area (Å²) in [5.41, 5.74) is 28.4. The quantitative estimate of drug-likeness (QED) is 0.0207. The molecule has 0 aromatic carbocycles. The molecule has 88 heavy (non-hydrogen) atoms. The molecule has 21 N–H and O–H groups in total. The minimum atomic E-state index is -1.64. The van der Waals surface area contributed by atoms with E-state index < -0.39 is 125 Å². The topological polar surface area (TPSA) is 471 Å².